The fourth-order valence-electron chi connectivity index (χ4n) is 2.20. The fraction of sp³-hybridized carbons (Fsp3) is 0.462. The molecule has 0 aromatic heterocycles. The van der Waals surface area contributed by atoms with Crippen molar-refractivity contribution in [2.75, 3.05) is 32.7 Å². The maximum absolute atomic E-state index is 13.5. The van der Waals surface area contributed by atoms with Crippen molar-refractivity contribution >= 4 is 5.91 Å². The molecule has 2 rings (SSSR count). The van der Waals surface area contributed by atoms with Gasteiger partial charge in [-0.1, -0.05) is 6.07 Å². The minimum Gasteiger partial charge on any atom is -0.336 e. The molecule has 0 radical (unpaired) electrons. The first-order valence-electron chi connectivity index (χ1n) is 6.30. The molecule has 1 saturated heterocycles. The van der Waals surface area contributed by atoms with E-state index in [1.54, 1.807) is 0 Å². The van der Waals surface area contributed by atoms with Crippen molar-refractivity contribution in [1.82, 2.24) is 9.80 Å². The van der Waals surface area contributed by atoms with Crippen LogP contribution in [0, 0.1) is 11.6 Å². The quantitative estimate of drug-likeness (QED) is 0.783. The third-order valence-electron chi connectivity index (χ3n) is 3.24. The minimum atomic E-state index is -4.29. The number of hydrogen-bond acceptors (Lipinski definition) is 2. The monoisotopic (exact) mass is 308 g/mol. The molecular weight excluding hydrogens is 295 g/mol. The Hall–Kier alpha value is -1.70. The zero-order valence-electron chi connectivity index (χ0n) is 11.0. The lowest BCUT2D eigenvalue weighted by Crippen LogP contribution is -2.51. The Morgan fingerprint density at radius 2 is 1.71 bits per heavy atom. The highest BCUT2D eigenvalue weighted by molar-refractivity contribution is 5.94. The van der Waals surface area contributed by atoms with E-state index >= 15 is 0 Å². The summed E-state index contributed by atoms with van der Waals surface area (Å²) in [6, 6.07) is 3.27. The highest BCUT2D eigenvalue weighted by Crippen LogP contribution is 2.19. The molecule has 1 heterocycles. The molecule has 0 saturated carbocycles. The van der Waals surface area contributed by atoms with E-state index in [0.29, 0.717) is 0 Å². The summed E-state index contributed by atoms with van der Waals surface area (Å²) in [5.74, 6) is -3.07. The highest BCUT2D eigenvalue weighted by atomic mass is 19.4. The first kappa shape index (κ1) is 15.7. The van der Waals surface area contributed by atoms with Gasteiger partial charge in [0.2, 0.25) is 0 Å². The average Bonchev–Trinajstić information content (AvgIpc) is 2.40. The van der Waals surface area contributed by atoms with Gasteiger partial charge in [0.05, 0.1) is 12.1 Å². The van der Waals surface area contributed by atoms with Gasteiger partial charge >= 0.3 is 6.18 Å². The summed E-state index contributed by atoms with van der Waals surface area (Å²) in [6.07, 6.45) is -4.29. The second-order valence-corrected chi connectivity index (χ2v) is 4.78. The standard InChI is InChI=1S/C13H13F5N2O/c14-10-3-1-2-9(11(10)15)12(21)20-6-4-19(5-7-20)8-13(16,17)18/h1-3H,4-8H2. The van der Waals surface area contributed by atoms with Gasteiger partial charge in [-0.3, -0.25) is 9.69 Å². The second kappa shape index (κ2) is 5.97. The maximum Gasteiger partial charge on any atom is 0.401 e. The number of alkyl halides is 3. The number of amides is 1. The molecule has 0 bridgehead atoms. The smallest absolute Gasteiger partial charge is 0.336 e. The van der Waals surface area contributed by atoms with E-state index in [-0.39, 0.29) is 26.2 Å². The molecule has 116 valence electrons. The summed E-state index contributed by atoms with van der Waals surface area (Å²) < 4.78 is 63.3. The van der Waals surface area contributed by atoms with Crippen molar-refractivity contribution in [3.8, 4) is 0 Å². The van der Waals surface area contributed by atoms with Gasteiger partial charge in [-0.15, -0.1) is 0 Å². The van der Waals surface area contributed by atoms with Crippen LogP contribution >= 0.6 is 0 Å². The Balaban J connectivity index is 1.99. The minimum absolute atomic E-state index is 0.0438. The van der Waals surface area contributed by atoms with Crippen molar-refractivity contribution in [2.24, 2.45) is 0 Å². The van der Waals surface area contributed by atoms with Crippen molar-refractivity contribution in [3.05, 3.63) is 35.4 Å². The van der Waals surface area contributed by atoms with Crippen LogP contribution in [0.1, 0.15) is 10.4 Å². The van der Waals surface area contributed by atoms with E-state index in [0.717, 1.165) is 12.1 Å². The van der Waals surface area contributed by atoms with Crippen molar-refractivity contribution in [3.63, 3.8) is 0 Å². The summed E-state index contributed by atoms with van der Waals surface area (Å²) in [5, 5.41) is 0. The van der Waals surface area contributed by atoms with E-state index in [2.05, 4.69) is 0 Å². The van der Waals surface area contributed by atoms with Crippen LogP contribution in [0.2, 0.25) is 0 Å². The molecule has 0 N–H and O–H groups in total. The molecule has 1 aromatic rings. The van der Waals surface area contributed by atoms with Gasteiger partial charge in [0, 0.05) is 26.2 Å². The molecule has 21 heavy (non-hydrogen) atoms. The number of halogens is 5. The van der Waals surface area contributed by atoms with Gasteiger partial charge in [0.15, 0.2) is 11.6 Å². The van der Waals surface area contributed by atoms with Crippen LogP contribution in [0.25, 0.3) is 0 Å². The zero-order valence-corrected chi connectivity index (χ0v) is 11.0. The summed E-state index contributed by atoms with van der Waals surface area (Å²) in [6.45, 7) is -0.858. The number of benzene rings is 1. The fourth-order valence-corrected chi connectivity index (χ4v) is 2.20. The summed E-state index contributed by atoms with van der Waals surface area (Å²) >= 11 is 0. The molecule has 1 aliphatic rings. The molecule has 0 aliphatic carbocycles. The van der Waals surface area contributed by atoms with Gasteiger partial charge in [-0.05, 0) is 12.1 Å². The van der Waals surface area contributed by atoms with Crippen LogP contribution < -0.4 is 0 Å². The van der Waals surface area contributed by atoms with Crippen LogP contribution in [-0.2, 0) is 0 Å². The second-order valence-electron chi connectivity index (χ2n) is 4.78. The van der Waals surface area contributed by atoms with Gasteiger partial charge < -0.3 is 4.90 Å². The van der Waals surface area contributed by atoms with E-state index in [1.165, 1.54) is 15.9 Å². The summed E-state index contributed by atoms with van der Waals surface area (Å²) in [7, 11) is 0. The van der Waals surface area contributed by atoms with Gasteiger partial charge in [-0.2, -0.15) is 13.2 Å². The molecule has 0 spiro atoms. The van der Waals surface area contributed by atoms with E-state index < -0.39 is 35.8 Å². The molecule has 1 fully saturated rings. The Bertz CT molecular complexity index is 524. The molecule has 3 nitrogen and oxygen atoms in total. The predicted molar refractivity (Wildman–Crippen MR) is 64.8 cm³/mol. The lowest BCUT2D eigenvalue weighted by Gasteiger charge is -2.35. The number of hydrogen-bond donors (Lipinski definition) is 0. The van der Waals surface area contributed by atoms with Crippen LogP contribution in [0.5, 0.6) is 0 Å². The number of rotatable bonds is 2. The first-order chi connectivity index (χ1) is 9.78. The van der Waals surface area contributed by atoms with Gasteiger partial charge in [0.25, 0.3) is 5.91 Å². The Kier molecular flexibility index (Phi) is 4.46. The van der Waals surface area contributed by atoms with Gasteiger partial charge in [-0.25, -0.2) is 8.78 Å². The third kappa shape index (κ3) is 3.90. The van der Waals surface area contributed by atoms with Gasteiger partial charge in [0.1, 0.15) is 0 Å². The van der Waals surface area contributed by atoms with Crippen LogP contribution in [0.3, 0.4) is 0 Å². The number of nitrogens with zero attached hydrogens (tertiary/aromatic N) is 2. The SMILES string of the molecule is O=C(c1cccc(F)c1F)N1CCN(CC(F)(F)F)CC1. The van der Waals surface area contributed by atoms with Crippen molar-refractivity contribution in [1.29, 1.82) is 0 Å². The normalized spacial score (nSPS) is 17.1. The summed E-state index contributed by atoms with van der Waals surface area (Å²) in [4.78, 5) is 14.4. The van der Waals surface area contributed by atoms with Crippen LogP contribution in [0.4, 0.5) is 22.0 Å². The molecular formula is C13H13F5N2O. The van der Waals surface area contributed by atoms with E-state index in [1.807, 2.05) is 0 Å². The number of carbonyl (C=O) groups excluding carboxylic acids is 1. The Morgan fingerprint density at radius 1 is 1.10 bits per heavy atom. The van der Waals surface area contributed by atoms with Crippen LogP contribution in [0.15, 0.2) is 18.2 Å². The first-order valence-corrected chi connectivity index (χ1v) is 6.30. The molecule has 0 unspecified atom stereocenters. The molecule has 1 aromatic carbocycles. The largest absolute Gasteiger partial charge is 0.401 e. The molecule has 1 amide bonds. The Labute approximate surface area is 117 Å². The lowest BCUT2D eigenvalue weighted by molar-refractivity contribution is -0.148. The molecule has 8 heteroatoms. The maximum atomic E-state index is 13.5. The summed E-state index contributed by atoms with van der Waals surface area (Å²) in [5.41, 5.74) is -0.403. The van der Waals surface area contributed by atoms with Crippen molar-refractivity contribution in [2.45, 2.75) is 6.18 Å². The predicted octanol–water partition coefficient (Wildman–Crippen LogP) is 2.28. The highest BCUT2D eigenvalue weighted by Gasteiger charge is 2.33. The van der Waals surface area contributed by atoms with Crippen molar-refractivity contribution < 1.29 is 26.7 Å². The number of piperazine rings is 1. The third-order valence-corrected chi connectivity index (χ3v) is 3.24. The lowest BCUT2D eigenvalue weighted by atomic mass is 10.1. The number of carbonyl (C=O) groups is 1. The Morgan fingerprint density at radius 3 is 2.29 bits per heavy atom. The average molecular weight is 308 g/mol. The van der Waals surface area contributed by atoms with Crippen LogP contribution in [-0.4, -0.2) is 54.6 Å². The van der Waals surface area contributed by atoms with E-state index in [4.69, 9.17) is 0 Å². The zero-order chi connectivity index (χ0) is 15.6. The topological polar surface area (TPSA) is 23.6 Å². The molecule has 0 atom stereocenters. The molecule has 1 aliphatic heterocycles. The van der Waals surface area contributed by atoms with E-state index in [9.17, 15) is 26.7 Å².